The molecule has 0 N–H and O–H groups in total. The number of ether oxygens (including phenoxy) is 1. The van der Waals surface area contributed by atoms with Gasteiger partial charge < -0.3 is 4.74 Å². The molecule has 1 atom stereocenters. The quantitative estimate of drug-likeness (QED) is 0.765. The Balaban J connectivity index is 2.06. The maximum atomic E-state index is 13.4. The van der Waals surface area contributed by atoms with Gasteiger partial charge in [0.15, 0.2) is 5.78 Å². The van der Waals surface area contributed by atoms with Gasteiger partial charge in [-0.1, -0.05) is 42.5 Å². The summed E-state index contributed by atoms with van der Waals surface area (Å²) in [7, 11) is 1.20. The van der Waals surface area contributed by atoms with E-state index >= 15 is 0 Å². The number of carbonyl (C=O) groups excluding carboxylic acids is 2. The minimum atomic E-state index is -4.53. The first-order chi connectivity index (χ1) is 12.3. The molecule has 0 unspecified atom stereocenters. The van der Waals surface area contributed by atoms with Gasteiger partial charge in [-0.15, -0.1) is 0 Å². The van der Waals surface area contributed by atoms with Crippen molar-refractivity contribution in [3.63, 3.8) is 0 Å². The fourth-order valence-electron chi connectivity index (χ4n) is 3.64. The van der Waals surface area contributed by atoms with Crippen LogP contribution in [0.5, 0.6) is 0 Å². The summed E-state index contributed by atoms with van der Waals surface area (Å²) in [4.78, 5) is 25.0. The van der Waals surface area contributed by atoms with Crippen molar-refractivity contribution in [2.24, 2.45) is 5.41 Å². The van der Waals surface area contributed by atoms with Crippen LogP contribution in [0.3, 0.4) is 0 Å². The van der Waals surface area contributed by atoms with Crippen molar-refractivity contribution in [1.82, 2.24) is 0 Å². The summed E-state index contributed by atoms with van der Waals surface area (Å²) in [6, 6.07) is 12.0. The van der Waals surface area contributed by atoms with Gasteiger partial charge in [-0.25, -0.2) is 0 Å². The van der Waals surface area contributed by atoms with Crippen molar-refractivity contribution in [3.8, 4) is 0 Å². The lowest BCUT2D eigenvalue weighted by atomic mass is 9.74. The average molecular weight is 362 g/mol. The minimum absolute atomic E-state index is 0.00468. The number of esters is 1. The molecule has 2 aromatic rings. The molecule has 0 radical (unpaired) electrons. The number of hydrogen-bond donors (Lipinski definition) is 0. The highest BCUT2D eigenvalue weighted by molar-refractivity contribution is 6.06. The SMILES string of the molecule is COC(=O)C[C@]1(Cc2ccccc2C(F)(F)F)Cc2ccccc2C1=O. The zero-order valence-electron chi connectivity index (χ0n) is 14.1. The van der Waals surface area contributed by atoms with Crippen LogP contribution in [0, 0.1) is 5.41 Å². The van der Waals surface area contributed by atoms with E-state index in [1.165, 1.54) is 25.3 Å². The highest BCUT2D eigenvalue weighted by Gasteiger charge is 2.48. The first-order valence-electron chi connectivity index (χ1n) is 8.11. The lowest BCUT2D eigenvalue weighted by molar-refractivity contribution is -0.142. The number of ketones is 1. The van der Waals surface area contributed by atoms with Crippen LogP contribution >= 0.6 is 0 Å². The summed E-state index contributed by atoms with van der Waals surface area (Å²) in [6.45, 7) is 0. The van der Waals surface area contributed by atoms with Crippen molar-refractivity contribution < 1.29 is 27.5 Å². The van der Waals surface area contributed by atoms with E-state index in [0.717, 1.165) is 11.6 Å². The molecule has 0 heterocycles. The van der Waals surface area contributed by atoms with Crippen LogP contribution in [0.4, 0.5) is 13.2 Å². The molecule has 3 rings (SSSR count). The van der Waals surface area contributed by atoms with E-state index in [4.69, 9.17) is 4.74 Å². The van der Waals surface area contributed by atoms with Crippen LogP contribution in [-0.4, -0.2) is 18.9 Å². The largest absolute Gasteiger partial charge is 0.469 e. The zero-order chi connectivity index (χ0) is 18.9. The van der Waals surface area contributed by atoms with E-state index < -0.39 is 23.1 Å². The van der Waals surface area contributed by atoms with Crippen LogP contribution in [0.15, 0.2) is 48.5 Å². The van der Waals surface area contributed by atoms with Crippen LogP contribution in [0.2, 0.25) is 0 Å². The second kappa shape index (κ2) is 6.59. The number of alkyl halides is 3. The second-order valence-electron chi connectivity index (χ2n) is 6.53. The van der Waals surface area contributed by atoms with Crippen molar-refractivity contribution in [1.29, 1.82) is 0 Å². The maximum absolute atomic E-state index is 13.4. The fraction of sp³-hybridized carbons (Fsp3) is 0.300. The molecule has 0 amide bonds. The molecule has 1 aliphatic rings. The fourth-order valence-corrected chi connectivity index (χ4v) is 3.64. The van der Waals surface area contributed by atoms with Crippen LogP contribution < -0.4 is 0 Å². The van der Waals surface area contributed by atoms with Gasteiger partial charge in [0.1, 0.15) is 0 Å². The molecule has 136 valence electrons. The summed E-state index contributed by atoms with van der Waals surface area (Å²) < 4.78 is 44.8. The van der Waals surface area contributed by atoms with Crippen molar-refractivity contribution in [3.05, 3.63) is 70.8 Å². The first kappa shape index (κ1) is 18.2. The third-order valence-electron chi connectivity index (χ3n) is 4.83. The third-order valence-corrected chi connectivity index (χ3v) is 4.83. The van der Waals surface area contributed by atoms with Crippen LogP contribution in [0.25, 0.3) is 0 Å². The monoisotopic (exact) mass is 362 g/mol. The van der Waals surface area contributed by atoms with Gasteiger partial charge in [0, 0.05) is 5.56 Å². The summed E-state index contributed by atoms with van der Waals surface area (Å²) in [5, 5.41) is 0. The van der Waals surface area contributed by atoms with Gasteiger partial charge in [0.25, 0.3) is 0 Å². The van der Waals surface area contributed by atoms with Crippen molar-refractivity contribution in [2.75, 3.05) is 7.11 Å². The van der Waals surface area contributed by atoms with E-state index in [9.17, 15) is 22.8 Å². The molecule has 6 heteroatoms. The number of hydrogen-bond acceptors (Lipinski definition) is 3. The van der Waals surface area contributed by atoms with E-state index in [-0.39, 0.29) is 30.6 Å². The number of benzene rings is 2. The molecule has 0 fully saturated rings. The predicted octanol–water partition coefficient (Wildman–Crippen LogP) is 4.24. The smallest absolute Gasteiger partial charge is 0.416 e. The number of rotatable bonds is 4. The molecule has 0 aromatic heterocycles. The van der Waals surface area contributed by atoms with Gasteiger partial charge in [-0.3, -0.25) is 9.59 Å². The van der Waals surface area contributed by atoms with E-state index in [2.05, 4.69) is 0 Å². The Hall–Kier alpha value is -2.63. The molecular formula is C20H17F3O3. The van der Waals surface area contributed by atoms with Gasteiger partial charge >= 0.3 is 12.1 Å². The molecule has 0 aliphatic heterocycles. The lowest BCUT2D eigenvalue weighted by Gasteiger charge is -2.27. The Morgan fingerprint density at radius 1 is 1.12 bits per heavy atom. The summed E-state index contributed by atoms with van der Waals surface area (Å²) in [6.07, 6.45) is -4.75. The Kier molecular flexibility index (Phi) is 4.61. The van der Waals surface area contributed by atoms with Gasteiger partial charge in [-0.05, 0) is 30.0 Å². The average Bonchev–Trinajstić information content (AvgIpc) is 2.86. The van der Waals surface area contributed by atoms with Crippen LogP contribution in [0.1, 0.15) is 33.5 Å². The molecule has 0 saturated heterocycles. The number of carbonyl (C=O) groups is 2. The highest BCUT2D eigenvalue weighted by Crippen LogP contribution is 2.44. The standard InChI is InChI=1S/C20H17F3O3/c1-26-17(24)12-19(10-13-6-2-4-8-15(13)18(19)25)11-14-7-3-5-9-16(14)20(21,22)23/h2-9H,10-12H2,1H3/t19-/m1/s1. The van der Waals surface area contributed by atoms with Gasteiger partial charge in [0.05, 0.1) is 24.5 Å². The summed E-state index contributed by atoms with van der Waals surface area (Å²) in [5.74, 6) is -0.925. The van der Waals surface area contributed by atoms with Crippen molar-refractivity contribution in [2.45, 2.75) is 25.4 Å². The third kappa shape index (κ3) is 3.23. The lowest BCUT2D eigenvalue weighted by Crippen LogP contribution is -2.34. The normalized spacial score (nSPS) is 19.3. The molecule has 3 nitrogen and oxygen atoms in total. The molecular weight excluding hydrogens is 345 g/mol. The number of fused-ring (bicyclic) bond motifs is 1. The molecule has 1 aliphatic carbocycles. The molecule has 0 bridgehead atoms. The van der Waals surface area contributed by atoms with E-state index in [1.54, 1.807) is 24.3 Å². The Bertz CT molecular complexity index is 857. The van der Waals surface area contributed by atoms with Crippen molar-refractivity contribution >= 4 is 11.8 Å². The van der Waals surface area contributed by atoms with Gasteiger partial charge in [-0.2, -0.15) is 13.2 Å². The molecule has 0 spiro atoms. The molecule has 26 heavy (non-hydrogen) atoms. The number of halogens is 3. The topological polar surface area (TPSA) is 43.4 Å². The summed E-state index contributed by atoms with van der Waals surface area (Å²) in [5.41, 5.74) is -0.845. The number of methoxy groups -OCH3 is 1. The first-order valence-corrected chi connectivity index (χ1v) is 8.11. The van der Waals surface area contributed by atoms with Crippen LogP contribution in [-0.2, 0) is 28.5 Å². The number of Topliss-reactive ketones (excluding diaryl/α,β-unsaturated/α-hetero) is 1. The Labute approximate surface area is 148 Å². The Morgan fingerprint density at radius 3 is 2.42 bits per heavy atom. The molecule has 2 aromatic carbocycles. The van der Waals surface area contributed by atoms with Gasteiger partial charge in [0.2, 0.25) is 0 Å². The van der Waals surface area contributed by atoms with E-state index in [0.29, 0.717) is 5.56 Å². The summed E-state index contributed by atoms with van der Waals surface area (Å²) >= 11 is 0. The van der Waals surface area contributed by atoms with E-state index in [1.807, 2.05) is 0 Å². The zero-order valence-corrected chi connectivity index (χ0v) is 14.1. The molecule has 0 saturated carbocycles. The Morgan fingerprint density at radius 2 is 1.77 bits per heavy atom. The minimum Gasteiger partial charge on any atom is -0.469 e. The maximum Gasteiger partial charge on any atom is 0.416 e. The predicted molar refractivity (Wildman–Crippen MR) is 88.7 cm³/mol. The highest BCUT2D eigenvalue weighted by atomic mass is 19.4. The second-order valence-corrected chi connectivity index (χ2v) is 6.53.